The summed E-state index contributed by atoms with van der Waals surface area (Å²) in [6, 6.07) is 5.52. The van der Waals surface area contributed by atoms with Gasteiger partial charge in [0.15, 0.2) is 5.78 Å². The van der Waals surface area contributed by atoms with E-state index in [-0.39, 0.29) is 48.2 Å². The van der Waals surface area contributed by atoms with Crippen molar-refractivity contribution >= 4 is 29.5 Å². The number of Topliss-reactive ketones (excluding diaryl/α,β-unsaturated/α-hetero) is 1. The maximum atomic E-state index is 13.6. The summed E-state index contributed by atoms with van der Waals surface area (Å²) in [5.41, 5.74) is 1.35. The molecule has 0 aromatic heterocycles. The molecule has 3 aliphatic rings. The zero-order valence-electron chi connectivity index (χ0n) is 22.9. The minimum absolute atomic E-state index is 0.00485. The van der Waals surface area contributed by atoms with E-state index < -0.39 is 18.1 Å². The van der Waals surface area contributed by atoms with E-state index >= 15 is 0 Å². The molecule has 3 aliphatic heterocycles. The Morgan fingerprint density at radius 1 is 1.08 bits per heavy atom. The maximum absolute atomic E-state index is 13.6. The van der Waals surface area contributed by atoms with Crippen LogP contribution in [0.4, 0.5) is 0 Å². The van der Waals surface area contributed by atoms with Crippen molar-refractivity contribution in [2.45, 2.75) is 108 Å². The molecular formula is C29H40N4O6. The van der Waals surface area contributed by atoms with Crippen molar-refractivity contribution in [3.8, 4) is 0 Å². The SMILES string of the molecule is CN[C@@H](C)C(=O)N[C@H]1CCCC[C@H]2CC[C@@H](C(=O)NCc3cccc(C(=O)CC[C@H]4CCC(=O)O4)c3)N2C1=O. The van der Waals surface area contributed by atoms with Gasteiger partial charge in [0.2, 0.25) is 17.7 Å². The normalized spacial score (nSPS) is 25.7. The summed E-state index contributed by atoms with van der Waals surface area (Å²) in [6.45, 7) is 1.98. The summed E-state index contributed by atoms with van der Waals surface area (Å²) < 4.78 is 5.20. The predicted octanol–water partition coefficient (Wildman–Crippen LogP) is 2.00. The van der Waals surface area contributed by atoms with E-state index in [1.165, 1.54) is 0 Å². The van der Waals surface area contributed by atoms with Gasteiger partial charge in [-0.05, 0) is 64.1 Å². The lowest BCUT2D eigenvalue weighted by Gasteiger charge is -2.35. The molecule has 0 spiro atoms. The van der Waals surface area contributed by atoms with Crippen molar-refractivity contribution < 1.29 is 28.7 Å². The van der Waals surface area contributed by atoms with Crippen LogP contribution in [0.1, 0.15) is 87.1 Å². The number of benzene rings is 1. The number of esters is 1. The van der Waals surface area contributed by atoms with Crippen molar-refractivity contribution in [2.24, 2.45) is 0 Å². The van der Waals surface area contributed by atoms with E-state index in [1.807, 2.05) is 6.07 Å². The lowest BCUT2D eigenvalue weighted by Crippen LogP contribution is -2.57. The van der Waals surface area contributed by atoms with Gasteiger partial charge in [-0.3, -0.25) is 24.0 Å². The second-order valence-electron chi connectivity index (χ2n) is 10.9. The van der Waals surface area contributed by atoms with Crippen molar-refractivity contribution in [3.05, 3.63) is 35.4 Å². The van der Waals surface area contributed by atoms with E-state index in [0.29, 0.717) is 44.1 Å². The lowest BCUT2D eigenvalue weighted by molar-refractivity contribution is -0.144. The molecular weight excluding hydrogens is 500 g/mol. The number of nitrogens with zero attached hydrogens (tertiary/aromatic N) is 1. The topological polar surface area (TPSA) is 134 Å². The molecule has 0 radical (unpaired) electrons. The number of carbonyl (C=O) groups excluding carboxylic acids is 5. The van der Waals surface area contributed by atoms with E-state index in [2.05, 4.69) is 16.0 Å². The minimum atomic E-state index is -0.639. The first kappa shape index (κ1) is 28.7. The molecule has 1 aromatic carbocycles. The fourth-order valence-electron chi connectivity index (χ4n) is 5.73. The molecule has 3 amide bonds. The smallest absolute Gasteiger partial charge is 0.306 e. The third-order valence-electron chi connectivity index (χ3n) is 8.16. The molecule has 0 saturated carbocycles. The summed E-state index contributed by atoms with van der Waals surface area (Å²) in [4.78, 5) is 65.0. The Hall–Kier alpha value is -3.27. The third-order valence-corrected chi connectivity index (χ3v) is 8.16. The Labute approximate surface area is 229 Å². The molecule has 10 nitrogen and oxygen atoms in total. The average molecular weight is 541 g/mol. The molecule has 3 saturated heterocycles. The standard InChI is InChI=1S/C29H40N4O6/c1-18(30-2)27(36)32-23-9-4-3-8-21-10-13-24(33(21)29(23)38)28(37)31-17-19-6-5-7-20(16-19)25(34)14-11-22-12-15-26(35)39-22/h5-7,16,18,21-24,30H,3-4,8-15,17H2,1-2H3,(H,31,37)(H,32,36)/t18-,21-,22-,23-,24-/m0/s1. The number of ketones is 1. The molecule has 0 aliphatic carbocycles. The predicted molar refractivity (Wildman–Crippen MR) is 144 cm³/mol. The van der Waals surface area contributed by atoms with Gasteiger partial charge in [-0.15, -0.1) is 0 Å². The highest BCUT2D eigenvalue weighted by Crippen LogP contribution is 2.31. The molecule has 0 bridgehead atoms. The van der Waals surface area contributed by atoms with Gasteiger partial charge in [-0.2, -0.15) is 0 Å². The Morgan fingerprint density at radius 2 is 1.87 bits per heavy atom. The number of ether oxygens (including phenoxy) is 1. The van der Waals surface area contributed by atoms with Gasteiger partial charge in [0.05, 0.1) is 6.04 Å². The molecule has 1 aromatic rings. The number of fused-ring (bicyclic) bond motifs is 1. The van der Waals surface area contributed by atoms with Crippen LogP contribution >= 0.6 is 0 Å². The zero-order chi connectivity index (χ0) is 27.9. The summed E-state index contributed by atoms with van der Waals surface area (Å²) in [7, 11) is 1.70. The molecule has 10 heteroatoms. The van der Waals surface area contributed by atoms with Gasteiger partial charge in [0, 0.05) is 31.0 Å². The number of rotatable bonds is 10. The minimum Gasteiger partial charge on any atom is -0.462 e. The van der Waals surface area contributed by atoms with Crippen LogP contribution in [0.2, 0.25) is 0 Å². The number of carbonyl (C=O) groups is 5. The molecule has 3 heterocycles. The van der Waals surface area contributed by atoms with Crippen LogP contribution in [0.15, 0.2) is 24.3 Å². The molecule has 39 heavy (non-hydrogen) atoms. The van der Waals surface area contributed by atoms with Gasteiger partial charge in [0.1, 0.15) is 18.2 Å². The van der Waals surface area contributed by atoms with Crippen molar-refractivity contribution in [1.82, 2.24) is 20.9 Å². The monoisotopic (exact) mass is 540 g/mol. The second-order valence-corrected chi connectivity index (χ2v) is 10.9. The van der Waals surface area contributed by atoms with Crippen LogP contribution in [0.5, 0.6) is 0 Å². The number of nitrogens with one attached hydrogen (secondary N) is 3. The fourth-order valence-corrected chi connectivity index (χ4v) is 5.73. The van der Waals surface area contributed by atoms with Crippen LogP contribution in [0.3, 0.4) is 0 Å². The lowest BCUT2D eigenvalue weighted by atomic mass is 9.98. The van der Waals surface area contributed by atoms with Crippen molar-refractivity contribution in [1.29, 1.82) is 0 Å². The summed E-state index contributed by atoms with van der Waals surface area (Å²) in [6.07, 6.45) is 6.23. The van der Waals surface area contributed by atoms with Gasteiger partial charge in [0.25, 0.3) is 0 Å². The molecule has 0 unspecified atom stereocenters. The van der Waals surface area contributed by atoms with Crippen molar-refractivity contribution in [2.75, 3.05) is 7.05 Å². The van der Waals surface area contributed by atoms with Crippen molar-refractivity contribution in [3.63, 3.8) is 0 Å². The number of cyclic esters (lactones) is 1. The zero-order valence-corrected chi connectivity index (χ0v) is 22.9. The Morgan fingerprint density at radius 3 is 2.62 bits per heavy atom. The van der Waals surface area contributed by atoms with Crippen LogP contribution in [-0.4, -0.2) is 71.7 Å². The third kappa shape index (κ3) is 7.23. The van der Waals surface area contributed by atoms with E-state index in [0.717, 1.165) is 31.2 Å². The fraction of sp³-hybridized carbons (Fsp3) is 0.621. The summed E-state index contributed by atoms with van der Waals surface area (Å²) >= 11 is 0. The van der Waals surface area contributed by atoms with Gasteiger partial charge in [-0.25, -0.2) is 0 Å². The van der Waals surface area contributed by atoms with Gasteiger partial charge >= 0.3 is 5.97 Å². The average Bonchev–Trinajstić information content (AvgIpc) is 3.55. The highest BCUT2D eigenvalue weighted by molar-refractivity contribution is 5.96. The highest BCUT2D eigenvalue weighted by atomic mass is 16.5. The molecule has 5 atom stereocenters. The number of hydrogen-bond acceptors (Lipinski definition) is 7. The quantitative estimate of drug-likeness (QED) is 0.305. The Balaban J connectivity index is 1.35. The van der Waals surface area contributed by atoms with E-state index in [4.69, 9.17) is 4.74 Å². The summed E-state index contributed by atoms with van der Waals surface area (Å²) in [5.74, 6) is -0.877. The highest BCUT2D eigenvalue weighted by Gasteiger charge is 2.43. The number of hydrogen-bond donors (Lipinski definition) is 3. The first-order valence-electron chi connectivity index (χ1n) is 14.2. The first-order chi connectivity index (χ1) is 18.8. The maximum Gasteiger partial charge on any atom is 0.306 e. The van der Waals surface area contributed by atoms with Crippen LogP contribution in [0.25, 0.3) is 0 Å². The second kappa shape index (κ2) is 13.2. The van der Waals surface area contributed by atoms with Gasteiger partial charge < -0.3 is 25.6 Å². The van der Waals surface area contributed by atoms with Gasteiger partial charge in [-0.1, -0.05) is 31.0 Å². The van der Waals surface area contributed by atoms with Crippen LogP contribution in [0, 0.1) is 0 Å². The van der Waals surface area contributed by atoms with Crippen LogP contribution < -0.4 is 16.0 Å². The number of likely N-dealkylation sites (N-methyl/N-ethyl adjacent to an activating group) is 1. The molecule has 3 N–H and O–H groups in total. The largest absolute Gasteiger partial charge is 0.462 e. The van der Waals surface area contributed by atoms with E-state index in [9.17, 15) is 24.0 Å². The van der Waals surface area contributed by atoms with E-state index in [1.54, 1.807) is 37.1 Å². The molecule has 212 valence electrons. The Kier molecular flexibility index (Phi) is 9.72. The summed E-state index contributed by atoms with van der Waals surface area (Å²) in [5, 5.41) is 8.74. The number of amides is 3. The molecule has 4 rings (SSSR count). The van der Waals surface area contributed by atoms with Crippen LogP contribution in [-0.2, 0) is 30.5 Å². The Bertz CT molecular complexity index is 1090. The first-order valence-corrected chi connectivity index (χ1v) is 14.2. The molecule has 3 fully saturated rings.